The average molecular weight is 272 g/mol. The second-order valence-electron chi connectivity index (χ2n) is 4.70. The van der Waals surface area contributed by atoms with Crippen LogP contribution in [0.3, 0.4) is 0 Å². The molecule has 0 radical (unpaired) electrons. The molecular formula is C11H14BrNS. The van der Waals surface area contributed by atoms with Gasteiger partial charge in [0.15, 0.2) is 0 Å². The Morgan fingerprint density at radius 3 is 2.29 bits per heavy atom. The lowest BCUT2D eigenvalue weighted by Gasteiger charge is -2.46. The minimum Gasteiger partial charge on any atom is -0.324 e. The molecule has 76 valence electrons. The second-order valence-corrected chi connectivity index (χ2v) is 7.16. The molecule has 3 heteroatoms. The van der Waals surface area contributed by atoms with Crippen LogP contribution in [-0.4, -0.2) is 5.54 Å². The molecule has 3 rings (SSSR count). The van der Waals surface area contributed by atoms with Gasteiger partial charge in [0.1, 0.15) is 0 Å². The Bertz CT molecular complexity index is 363. The van der Waals surface area contributed by atoms with E-state index in [4.69, 9.17) is 5.73 Å². The van der Waals surface area contributed by atoms with Crippen molar-refractivity contribution in [3.05, 3.63) is 20.8 Å². The molecule has 0 unspecified atom stereocenters. The van der Waals surface area contributed by atoms with E-state index in [2.05, 4.69) is 28.1 Å². The van der Waals surface area contributed by atoms with E-state index in [-0.39, 0.29) is 5.54 Å². The summed E-state index contributed by atoms with van der Waals surface area (Å²) in [6.07, 6.45) is 6.41. The number of halogens is 1. The van der Waals surface area contributed by atoms with E-state index < -0.39 is 0 Å². The molecule has 14 heavy (non-hydrogen) atoms. The first kappa shape index (κ1) is 9.37. The Hall–Kier alpha value is 0.140. The van der Waals surface area contributed by atoms with Crippen LogP contribution in [0.5, 0.6) is 0 Å². The largest absolute Gasteiger partial charge is 0.324 e. The lowest BCUT2D eigenvalue weighted by Crippen LogP contribution is -2.52. The molecule has 0 aliphatic heterocycles. The van der Waals surface area contributed by atoms with Crippen molar-refractivity contribution in [3.8, 4) is 0 Å². The summed E-state index contributed by atoms with van der Waals surface area (Å²) in [6.45, 7) is 0. The van der Waals surface area contributed by atoms with E-state index in [0.717, 1.165) is 0 Å². The minimum absolute atomic E-state index is 0.148. The minimum atomic E-state index is 0.148. The predicted molar refractivity (Wildman–Crippen MR) is 63.7 cm³/mol. The zero-order valence-corrected chi connectivity index (χ0v) is 10.5. The highest BCUT2D eigenvalue weighted by Crippen LogP contribution is 2.61. The van der Waals surface area contributed by atoms with Crippen molar-refractivity contribution >= 4 is 27.3 Å². The van der Waals surface area contributed by atoms with Gasteiger partial charge >= 0.3 is 0 Å². The van der Waals surface area contributed by atoms with Crippen molar-refractivity contribution < 1.29 is 0 Å². The summed E-state index contributed by atoms with van der Waals surface area (Å²) in [5.41, 5.74) is 6.92. The Balaban J connectivity index is 2.01. The molecule has 1 aromatic heterocycles. The maximum Gasteiger partial charge on any atom is 0.0701 e. The van der Waals surface area contributed by atoms with Crippen LogP contribution in [0.25, 0.3) is 0 Å². The lowest BCUT2D eigenvalue weighted by molar-refractivity contribution is 0.186. The normalized spacial score (nSPS) is 27.0. The summed E-state index contributed by atoms with van der Waals surface area (Å²) < 4.78 is 1.24. The van der Waals surface area contributed by atoms with E-state index >= 15 is 0 Å². The predicted octanol–water partition coefficient (Wildman–Crippen LogP) is 3.42. The maximum absolute atomic E-state index is 6.42. The van der Waals surface area contributed by atoms with E-state index in [9.17, 15) is 0 Å². The topological polar surface area (TPSA) is 26.0 Å². The monoisotopic (exact) mass is 271 g/mol. The van der Waals surface area contributed by atoms with E-state index in [0.29, 0.717) is 5.41 Å². The fourth-order valence-corrected chi connectivity index (χ4v) is 4.45. The fraction of sp³-hybridized carbons (Fsp3) is 0.636. The van der Waals surface area contributed by atoms with Crippen LogP contribution in [0.15, 0.2) is 15.9 Å². The third-order valence-electron chi connectivity index (χ3n) is 3.99. The van der Waals surface area contributed by atoms with Crippen LogP contribution < -0.4 is 5.73 Å². The van der Waals surface area contributed by atoms with Gasteiger partial charge in [-0.2, -0.15) is 0 Å². The zero-order valence-electron chi connectivity index (χ0n) is 8.05. The van der Waals surface area contributed by atoms with Gasteiger partial charge in [-0.3, -0.25) is 0 Å². The summed E-state index contributed by atoms with van der Waals surface area (Å²) in [5.74, 6) is 0. The van der Waals surface area contributed by atoms with E-state index in [1.165, 1.54) is 40.8 Å². The van der Waals surface area contributed by atoms with Crippen LogP contribution >= 0.6 is 27.3 Å². The quantitative estimate of drug-likeness (QED) is 0.877. The van der Waals surface area contributed by atoms with Gasteiger partial charge in [-0.1, -0.05) is 6.42 Å². The first-order valence-electron chi connectivity index (χ1n) is 5.21. The third kappa shape index (κ3) is 1.09. The van der Waals surface area contributed by atoms with Gasteiger partial charge in [-0.05, 0) is 53.7 Å². The van der Waals surface area contributed by atoms with Gasteiger partial charge in [0.25, 0.3) is 0 Å². The molecule has 2 aliphatic rings. The number of hydrogen-bond acceptors (Lipinski definition) is 2. The summed E-state index contributed by atoms with van der Waals surface area (Å²) in [5, 5.41) is 0. The molecule has 2 N–H and O–H groups in total. The highest BCUT2D eigenvalue weighted by Gasteiger charge is 2.60. The Kier molecular flexibility index (Phi) is 1.90. The third-order valence-corrected chi connectivity index (χ3v) is 5.82. The van der Waals surface area contributed by atoms with Gasteiger partial charge in [-0.25, -0.2) is 0 Å². The maximum atomic E-state index is 6.42. The molecule has 2 fully saturated rings. The van der Waals surface area contributed by atoms with Crippen molar-refractivity contribution in [3.63, 3.8) is 0 Å². The fourth-order valence-electron chi connectivity index (χ4n) is 2.70. The highest BCUT2D eigenvalue weighted by molar-refractivity contribution is 9.11. The number of hydrogen-bond donors (Lipinski definition) is 1. The molecule has 0 atom stereocenters. The van der Waals surface area contributed by atoms with E-state index in [1.54, 1.807) is 0 Å². The number of thiophene rings is 1. The van der Waals surface area contributed by atoms with Crippen LogP contribution in [0.2, 0.25) is 0 Å². The molecule has 0 bridgehead atoms. The number of nitrogens with two attached hydrogens (primary N) is 1. The molecule has 2 saturated carbocycles. The molecule has 0 saturated heterocycles. The van der Waals surface area contributed by atoms with Gasteiger partial charge in [0, 0.05) is 15.8 Å². The van der Waals surface area contributed by atoms with Crippen molar-refractivity contribution in [1.82, 2.24) is 0 Å². The van der Waals surface area contributed by atoms with Crippen molar-refractivity contribution in [1.29, 1.82) is 0 Å². The van der Waals surface area contributed by atoms with Crippen molar-refractivity contribution in [2.45, 2.75) is 43.1 Å². The van der Waals surface area contributed by atoms with Crippen LogP contribution in [-0.2, 0) is 5.41 Å². The highest BCUT2D eigenvalue weighted by atomic mass is 79.9. The lowest BCUT2D eigenvalue weighted by atomic mass is 9.61. The Labute approximate surface area is 96.8 Å². The van der Waals surface area contributed by atoms with Crippen molar-refractivity contribution in [2.75, 3.05) is 0 Å². The first-order valence-corrected chi connectivity index (χ1v) is 6.82. The molecule has 1 aromatic rings. The molecule has 1 nitrogen and oxygen atoms in total. The average Bonchev–Trinajstić information content (AvgIpc) is 2.63. The Morgan fingerprint density at radius 1 is 1.21 bits per heavy atom. The molecule has 0 aromatic carbocycles. The van der Waals surface area contributed by atoms with Gasteiger partial charge in [0.05, 0.1) is 3.79 Å². The standard InChI is InChI=1S/C11H14BrNS/c12-9-3-2-8(14-9)10(4-1-5-10)11(13)6-7-11/h2-3H,1,4-7,13H2. The van der Waals surface area contributed by atoms with Gasteiger partial charge in [-0.15, -0.1) is 11.3 Å². The van der Waals surface area contributed by atoms with Crippen LogP contribution in [0, 0.1) is 0 Å². The molecule has 0 amide bonds. The first-order chi connectivity index (χ1) is 6.66. The Morgan fingerprint density at radius 2 is 1.93 bits per heavy atom. The molecule has 0 spiro atoms. The molecule has 2 aliphatic carbocycles. The van der Waals surface area contributed by atoms with Crippen molar-refractivity contribution in [2.24, 2.45) is 5.73 Å². The summed E-state index contributed by atoms with van der Waals surface area (Å²) in [7, 11) is 0. The second kappa shape index (κ2) is 2.83. The number of rotatable bonds is 2. The summed E-state index contributed by atoms with van der Waals surface area (Å²) >= 11 is 5.42. The molecule has 1 heterocycles. The van der Waals surface area contributed by atoms with Gasteiger partial charge in [0.2, 0.25) is 0 Å². The summed E-state index contributed by atoms with van der Waals surface area (Å²) in [4.78, 5) is 1.51. The SMILES string of the molecule is NC1(C2(c3ccc(Br)s3)CCC2)CC1. The molecular weight excluding hydrogens is 258 g/mol. The summed E-state index contributed by atoms with van der Waals surface area (Å²) in [6, 6.07) is 4.42. The van der Waals surface area contributed by atoms with Crippen LogP contribution in [0.1, 0.15) is 37.0 Å². The van der Waals surface area contributed by atoms with E-state index in [1.807, 2.05) is 11.3 Å². The zero-order chi connectivity index (χ0) is 9.81. The smallest absolute Gasteiger partial charge is 0.0701 e. The van der Waals surface area contributed by atoms with Gasteiger partial charge < -0.3 is 5.73 Å². The van der Waals surface area contributed by atoms with Crippen LogP contribution in [0.4, 0.5) is 0 Å².